The van der Waals surface area contributed by atoms with E-state index in [1.165, 1.54) is 21.8 Å². The molecule has 2 aromatic rings. The minimum absolute atomic E-state index is 0.163. The first kappa shape index (κ1) is 22.4. The number of rotatable bonds is 8. The summed E-state index contributed by atoms with van der Waals surface area (Å²) in [6, 6.07) is 11.6. The van der Waals surface area contributed by atoms with E-state index in [9.17, 15) is 19.8 Å². The van der Waals surface area contributed by atoms with Gasteiger partial charge in [-0.2, -0.15) is 0 Å². The molecule has 2 amide bonds. The Labute approximate surface area is 184 Å². The van der Waals surface area contributed by atoms with Gasteiger partial charge >= 0.3 is 0 Å². The summed E-state index contributed by atoms with van der Waals surface area (Å²) in [5.41, 5.74) is 7.96. The van der Waals surface area contributed by atoms with E-state index in [0.29, 0.717) is 19.4 Å². The first-order valence-electron chi connectivity index (χ1n) is 9.70. The van der Waals surface area contributed by atoms with Gasteiger partial charge in [0.1, 0.15) is 0 Å². The summed E-state index contributed by atoms with van der Waals surface area (Å²) in [4.78, 5) is 27.1. The molecule has 1 aromatic heterocycles. The van der Waals surface area contributed by atoms with Crippen molar-refractivity contribution in [2.24, 2.45) is 5.73 Å². The van der Waals surface area contributed by atoms with E-state index in [4.69, 9.17) is 18.0 Å². The highest BCUT2D eigenvalue weighted by atomic mass is 32.1. The van der Waals surface area contributed by atoms with Crippen LogP contribution >= 0.6 is 23.6 Å². The standard InChI is InChI=1S/C21H25N3O4S2/c22-19(29)16-7-4-8-24(16)21(28)18(26)17(25)20(27)23-11-15-10-14(12-30-15)9-13-5-2-1-3-6-13/h1-3,5-6,10,12,16-18,25-26H,4,7-9,11H2,(H2,22,29)(H,23,27)/t16-,17-,18-/m1/s1. The number of nitrogens with one attached hydrogen (secondary N) is 1. The lowest BCUT2D eigenvalue weighted by Gasteiger charge is -2.27. The van der Waals surface area contributed by atoms with Gasteiger partial charge in [-0.3, -0.25) is 9.59 Å². The maximum atomic E-state index is 12.5. The molecule has 30 heavy (non-hydrogen) atoms. The first-order chi connectivity index (χ1) is 14.4. The smallest absolute Gasteiger partial charge is 0.255 e. The monoisotopic (exact) mass is 447 g/mol. The van der Waals surface area contributed by atoms with Crippen LogP contribution in [0.4, 0.5) is 0 Å². The van der Waals surface area contributed by atoms with E-state index in [0.717, 1.165) is 16.9 Å². The Bertz CT molecular complexity index is 903. The Morgan fingerprint density at radius 3 is 2.67 bits per heavy atom. The van der Waals surface area contributed by atoms with E-state index in [2.05, 4.69) is 17.4 Å². The van der Waals surface area contributed by atoms with Crippen molar-refractivity contribution in [2.75, 3.05) is 6.54 Å². The zero-order valence-corrected chi connectivity index (χ0v) is 18.0. The minimum Gasteiger partial charge on any atom is -0.392 e. The number of likely N-dealkylation sites (tertiary alicyclic amines) is 1. The van der Waals surface area contributed by atoms with Crippen molar-refractivity contribution in [3.8, 4) is 0 Å². The van der Waals surface area contributed by atoms with Crippen LogP contribution in [0.3, 0.4) is 0 Å². The van der Waals surface area contributed by atoms with Crippen molar-refractivity contribution in [1.29, 1.82) is 0 Å². The minimum atomic E-state index is -1.87. The molecular formula is C21H25N3O4S2. The molecule has 0 spiro atoms. The van der Waals surface area contributed by atoms with E-state index in [1.807, 2.05) is 29.6 Å². The van der Waals surface area contributed by atoms with Crippen LogP contribution in [0.5, 0.6) is 0 Å². The molecule has 1 aromatic carbocycles. The molecule has 0 unspecified atom stereocenters. The van der Waals surface area contributed by atoms with Crippen LogP contribution < -0.4 is 11.1 Å². The number of hydrogen-bond donors (Lipinski definition) is 4. The van der Waals surface area contributed by atoms with Gasteiger partial charge in [0.2, 0.25) is 0 Å². The second kappa shape index (κ2) is 10.1. The van der Waals surface area contributed by atoms with Crippen molar-refractivity contribution in [2.45, 2.75) is 44.1 Å². The maximum absolute atomic E-state index is 12.5. The van der Waals surface area contributed by atoms with E-state index in [1.54, 1.807) is 0 Å². The molecule has 1 aliphatic heterocycles. The quantitative estimate of drug-likeness (QED) is 0.448. The number of thiocarbonyl (C=S) groups is 1. The number of thiophene rings is 1. The average Bonchev–Trinajstić information content (AvgIpc) is 3.41. The third-order valence-corrected chi connectivity index (χ3v) is 6.34. The Balaban J connectivity index is 1.52. The molecule has 0 bridgehead atoms. The van der Waals surface area contributed by atoms with Crippen LogP contribution in [0.15, 0.2) is 41.8 Å². The van der Waals surface area contributed by atoms with Gasteiger partial charge < -0.3 is 26.2 Å². The van der Waals surface area contributed by atoms with Crippen molar-refractivity contribution in [3.05, 3.63) is 57.8 Å². The molecule has 3 atom stereocenters. The zero-order chi connectivity index (χ0) is 21.7. The molecule has 7 nitrogen and oxygen atoms in total. The largest absolute Gasteiger partial charge is 0.392 e. The number of benzene rings is 1. The summed E-state index contributed by atoms with van der Waals surface area (Å²) in [6.45, 7) is 0.584. The lowest BCUT2D eigenvalue weighted by molar-refractivity contribution is -0.153. The molecular weight excluding hydrogens is 422 g/mol. The number of carbonyl (C=O) groups is 2. The average molecular weight is 448 g/mol. The second-order valence-electron chi connectivity index (χ2n) is 7.28. The first-order valence-corrected chi connectivity index (χ1v) is 11.0. The number of carbonyl (C=O) groups excluding carboxylic acids is 2. The number of aliphatic hydroxyl groups excluding tert-OH is 2. The topological polar surface area (TPSA) is 116 Å². The van der Waals surface area contributed by atoms with Crippen LogP contribution in [-0.4, -0.2) is 56.7 Å². The van der Waals surface area contributed by atoms with Crippen molar-refractivity contribution < 1.29 is 19.8 Å². The van der Waals surface area contributed by atoms with Gasteiger partial charge in [-0.15, -0.1) is 11.3 Å². The summed E-state index contributed by atoms with van der Waals surface area (Å²) < 4.78 is 0. The number of nitrogens with zero attached hydrogens (tertiary/aromatic N) is 1. The Morgan fingerprint density at radius 1 is 1.23 bits per heavy atom. The Morgan fingerprint density at radius 2 is 1.97 bits per heavy atom. The normalized spacial score (nSPS) is 18.1. The fraction of sp³-hybridized carbons (Fsp3) is 0.381. The summed E-state index contributed by atoms with van der Waals surface area (Å²) in [5.74, 6) is -1.55. The third kappa shape index (κ3) is 5.42. The molecule has 1 saturated heterocycles. The van der Waals surface area contributed by atoms with Gasteiger partial charge in [-0.25, -0.2) is 0 Å². The predicted octanol–water partition coefficient (Wildman–Crippen LogP) is 0.954. The molecule has 2 heterocycles. The summed E-state index contributed by atoms with van der Waals surface area (Å²) >= 11 is 6.45. The van der Waals surface area contributed by atoms with E-state index in [-0.39, 0.29) is 11.5 Å². The highest BCUT2D eigenvalue weighted by molar-refractivity contribution is 7.80. The van der Waals surface area contributed by atoms with E-state index >= 15 is 0 Å². The summed E-state index contributed by atoms with van der Waals surface area (Å²) in [7, 11) is 0. The fourth-order valence-electron chi connectivity index (χ4n) is 3.50. The Hall–Kier alpha value is -2.33. The third-order valence-electron chi connectivity index (χ3n) is 5.08. The molecule has 160 valence electrons. The molecule has 0 saturated carbocycles. The van der Waals surface area contributed by atoms with Gasteiger partial charge in [-0.05, 0) is 41.8 Å². The van der Waals surface area contributed by atoms with Crippen molar-refractivity contribution in [3.63, 3.8) is 0 Å². The summed E-state index contributed by atoms with van der Waals surface area (Å²) in [5, 5.41) is 24.9. The molecule has 1 aliphatic rings. The SMILES string of the molecule is NC(=S)[C@H]1CCCN1C(=O)[C@H](O)[C@@H](O)C(=O)NCc1cc(Cc2ccccc2)cs1. The number of aliphatic hydroxyl groups is 2. The predicted molar refractivity (Wildman–Crippen MR) is 119 cm³/mol. The van der Waals surface area contributed by atoms with Gasteiger partial charge in [0, 0.05) is 11.4 Å². The molecule has 5 N–H and O–H groups in total. The highest BCUT2D eigenvalue weighted by Crippen LogP contribution is 2.20. The van der Waals surface area contributed by atoms with Crippen LogP contribution in [0, 0.1) is 0 Å². The zero-order valence-electron chi connectivity index (χ0n) is 16.4. The van der Waals surface area contributed by atoms with Gasteiger partial charge in [0.25, 0.3) is 11.8 Å². The number of nitrogens with two attached hydrogens (primary N) is 1. The highest BCUT2D eigenvalue weighted by Gasteiger charge is 2.38. The lowest BCUT2D eigenvalue weighted by Crippen LogP contribution is -2.53. The van der Waals surface area contributed by atoms with Crippen molar-refractivity contribution >= 4 is 40.4 Å². The number of hydrogen-bond acceptors (Lipinski definition) is 6. The summed E-state index contributed by atoms with van der Waals surface area (Å²) in [6.07, 6.45) is -1.63. The molecule has 3 rings (SSSR count). The van der Waals surface area contributed by atoms with Gasteiger partial charge in [0.05, 0.1) is 17.6 Å². The molecule has 0 aliphatic carbocycles. The van der Waals surface area contributed by atoms with Gasteiger partial charge in [0.15, 0.2) is 12.2 Å². The number of amides is 2. The Kier molecular flexibility index (Phi) is 7.54. The fourth-order valence-corrected chi connectivity index (χ4v) is 4.57. The second-order valence-corrected chi connectivity index (χ2v) is 8.75. The van der Waals surface area contributed by atoms with Crippen LogP contribution in [0.25, 0.3) is 0 Å². The van der Waals surface area contributed by atoms with Crippen LogP contribution in [-0.2, 0) is 22.6 Å². The lowest BCUT2D eigenvalue weighted by atomic mass is 10.1. The molecule has 9 heteroatoms. The van der Waals surface area contributed by atoms with Gasteiger partial charge in [-0.1, -0.05) is 42.5 Å². The molecule has 0 radical (unpaired) electrons. The molecule has 1 fully saturated rings. The van der Waals surface area contributed by atoms with Crippen LogP contribution in [0.1, 0.15) is 28.8 Å². The van der Waals surface area contributed by atoms with Crippen molar-refractivity contribution in [1.82, 2.24) is 10.2 Å². The van der Waals surface area contributed by atoms with E-state index < -0.39 is 30.1 Å². The maximum Gasteiger partial charge on any atom is 0.255 e. The van der Waals surface area contributed by atoms with Crippen LogP contribution in [0.2, 0.25) is 0 Å².